The molecule has 1 aromatic rings. The molecule has 0 aliphatic carbocycles. The van der Waals surface area contributed by atoms with E-state index in [-0.39, 0.29) is 35.0 Å². The second-order valence-corrected chi connectivity index (χ2v) is 9.17. The smallest absolute Gasteiger partial charge is 0.339 e. The van der Waals surface area contributed by atoms with Gasteiger partial charge in [-0.05, 0) is 41.7 Å². The molecular weight excluding hydrogens is 352 g/mol. The number of ether oxygens (including phenoxy) is 2. The maximum absolute atomic E-state index is 13.2. The van der Waals surface area contributed by atoms with Crippen LogP contribution >= 0.6 is 0 Å². The van der Waals surface area contributed by atoms with E-state index in [1.54, 1.807) is 6.07 Å². The van der Waals surface area contributed by atoms with E-state index < -0.39 is 11.9 Å². The molecule has 0 aliphatic heterocycles. The van der Waals surface area contributed by atoms with E-state index in [9.17, 15) is 9.59 Å². The Hall–Kier alpha value is -1.84. The molecule has 1 aromatic carbocycles. The Morgan fingerprint density at radius 3 is 1.71 bits per heavy atom. The van der Waals surface area contributed by atoms with E-state index in [2.05, 4.69) is 0 Å². The molecule has 2 atom stereocenters. The van der Waals surface area contributed by atoms with Crippen LogP contribution in [0.2, 0.25) is 0 Å². The first-order valence-electron chi connectivity index (χ1n) is 10.5. The summed E-state index contributed by atoms with van der Waals surface area (Å²) >= 11 is 0. The summed E-state index contributed by atoms with van der Waals surface area (Å²) in [5.74, 6) is -0.496. The SMILES string of the molecule is CCC(OC(=O)c1cccc(C(C)(C)C)c1C(=O)OC(CC)C(C)C)C(C)C. The Kier molecular flexibility index (Phi) is 8.72. The van der Waals surface area contributed by atoms with Gasteiger partial charge in [0.15, 0.2) is 0 Å². The molecule has 0 bridgehead atoms. The lowest BCUT2D eigenvalue weighted by Gasteiger charge is -2.27. The Labute approximate surface area is 171 Å². The maximum Gasteiger partial charge on any atom is 0.339 e. The van der Waals surface area contributed by atoms with Gasteiger partial charge in [0.1, 0.15) is 12.2 Å². The third-order valence-electron chi connectivity index (χ3n) is 5.11. The molecule has 0 aliphatic rings. The molecule has 4 nitrogen and oxygen atoms in total. The zero-order valence-electron chi connectivity index (χ0n) is 19.1. The molecular formula is C24H38O4. The summed E-state index contributed by atoms with van der Waals surface area (Å²) in [4.78, 5) is 26.2. The molecule has 0 aromatic heterocycles. The summed E-state index contributed by atoms with van der Waals surface area (Å²) < 4.78 is 11.5. The van der Waals surface area contributed by atoms with Crippen LogP contribution in [0.3, 0.4) is 0 Å². The third-order valence-corrected chi connectivity index (χ3v) is 5.11. The number of hydrogen-bond acceptors (Lipinski definition) is 4. The van der Waals surface area contributed by atoms with Gasteiger partial charge >= 0.3 is 11.9 Å². The van der Waals surface area contributed by atoms with Gasteiger partial charge in [0.25, 0.3) is 0 Å². The molecule has 0 saturated heterocycles. The van der Waals surface area contributed by atoms with Gasteiger partial charge in [-0.1, -0.05) is 74.4 Å². The first-order chi connectivity index (χ1) is 12.9. The van der Waals surface area contributed by atoms with Gasteiger partial charge < -0.3 is 9.47 Å². The number of hydrogen-bond donors (Lipinski definition) is 0. The van der Waals surface area contributed by atoms with Crippen molar-refractivity contribution in [3.63, 3.8) is 0 Å². The highest BCUT2D eigenvalue weighted by Gasteiger charge is 2.31. The fourth-order valence-corrected chi connectivity index (χ4v) is 3.35. The number of carbonyl (C=O) groups is 2. The molecule has 4 heteroatoms. The largest absolute Gasteiger partial charge is 0.459 e. The number of carbonyl (C=O) groups excluding carboxylic acids is 2. The van der Waals surface area contributed by atoms with Gasteiger partial charge in [-0.15, -0.1) is 0 Å². The van der Waals surface area contributed by atoms with Gasteiger partial charge in [-0.25, -0.2) is 9.59 Å². The Morgan fingerprint density at radius 2 is 1.32 bits per heavy atom. The van der Waals surface area contributed by atoms with E-state index in [0.717, 1.165) is 18.4 Å². The first-order valence-corrected chi connectivity index (χ1v) is 10.5. The van der Waals surface area contributed by atoms with Crippen LogP contribution < -0.4 is 0 Å². The van der Waals surface area contributed by atoms with Crippen molar-refractivity contribution in [1.82, 2.24) is 0 Å². The van der Waals surface area contributed by atoms with Crippen LogP contribution in [0.15, 0.2) is 18.2 Å². The minimum absolute atomic E-state index is 0.186. The maximum atomic E-state index is 13.2. The summed E-state index contributed by atoms with van der Waals surface area (Å²) in [6.45, 7) is 18.2. The van der Waals surface area contributed by atoms with Crippen LogP contribution in [0.1, 0.15) is 101 Å². The minimum Gasteiger partial charge on any atom is -0.459 e. The van der Waals surface area contributed by atoms with E-state index in [1.165, 1.54) is 0 Å². The standard InChI is InChI=1S/C24H38O4/c1-10-19(15(3)4)27-22(25)17-13-12-14-18(24(7,8)9)21(17)23(26)28-20(11-2)16(5)6/h12-16,19-20H,10-11H2,1-9H3. The molecule has 0 amide bonds. The number of benzene rings is 1. The van der Waals surface area contributed by atoms with Crippen molar-refractivity contribution >= 4 is 11.9 Å². The highest BCUT2D eigenvalue weighted by atomic mass is 16.6. The predicted molar refractivity (Wildman–Crippen MR) is 114 cm³/mol. The molecule has 158 valence electrons. The number of rotatable bonds is 8. The van der Waals surface area contributed by atoms with Crippen molar-refractivity contribution in [2.45, 2.75) is 92.8 Å². The minimum atomic E-state index is -0.462. The van der Waals surface area contributed by atoms with Crippen molar-refractivity contribution in [3.05, 3.63) is 34.9 Å². The molecule has 0 spiro atoms. The predicted octanol–water partition coefficient (Wildman–Crippen LogP) is 6.17. The third kappa shape index (κ3) is 6.08. The quantitative estimate of drug-likeness (QED) is 0.498. The van der Waals surface area contributed by atoms with E-state index in [0.29, 0.717) is 5.56 Å². The summed E-state index contributed by atoms with van der Waals surface area (Å²) in [6, 6.07) is 5.37. The fourth-order valence-electron chi connectivity index (χ4n) is 3.35. The summed E-state index contributed by atoms with van der Waals surface area (Å²) in [7, 11) is 0. The molecule has 0 N–H and O–H groups in total. The molecule has 0 radical (unpaired) electrons. The van der Waals surface area contributed by atoms with Crippen LogP contribution in [-0.2, 0) is 14.9 Å². The lowest BCUT2D eigenvalue weighted by atomic mass is 9.82. The second-order valence-electron chi connectivity index (χ2n) is 9.17. The summed E-state index contributed by atoms with van der Waals surface area (Å²) in [5.41, 5.74) is 1.10. The second kappa shape index (κ2) is 10.1. The molecule has 2 unspecified atom stereocenters. The summed E-state index contributed by atoms with van der Waals surface area (Å²) in [5, 5.41) is 0. The van der Waals surface area contributed by atoms with Crippen molar-refractivity contribution in [2.24, 2.45) is 11.8 Å². The molecule has 0 fully saturated rings. The van der Waals surface area contributed by atoms with Crippen LogP contribution in [0, 0.1) is 11.8 Å². The first kappa shape index (κ1) is 24.2. The molecule has 0 saturated carbocycles. The highest BCUT2D eigenvalue weighted by molar-refractivity contribution is 6.04. The monoisotopic (exact) mass is 390 g/mol. The zero-order chi connectivity index (χ0) is 21.6. The lowest BCUT2D eigenvalue weighted by Crippen LogP contribution is -2.29. The van der Waals surface area contributed by atoms with Gasteiger partial charge in [0.2, 0.25) is 0 Å². The summed E-state index contributed by atoms with van der Waals surface area (Å²) in [6.07, 6.45) is 1.08. The average Bonchev–Trinajstić information content (AvgIpc) is 2.61. The van der Waals surface area contributed by atoms with Crippen molar-refractivity contribution in [3.8, 4) is 0 Å². The van der Waals surface area contributed by atoms with Crippen LogP contribution in [-0.4, -0.2) is 24.1 Å². The van der Waals surface area contributed by atoms with Crippen molar-refractivity contribution in [1.29, 1.82) is 0 Å². The van der Waals surface area contributed by atoms with E-state index >= 15 is 0 Å². The van der Waals surface area contributed by atoms with Crippen LogP contribution in [0.25, 0.3) is 0 Å². The Bertz CT molecular complexity index is 668. The normalized spacial score (nSPS) is 14.1. The van der Waals surface area contributed by atoms with Crippen LogP contribution in [0.4, 0.5) is 0 Å². The van der Waals surface area contributed by atoms with Crippen molar-refractivity contribution < 1.29 is 19.1 Å². The lowest BCUT2D eigenvalue weighted by molar-refractivity contribution is 0.0125. The zero-order valence-corrected chi connectivity index (χ0v) is 19.1. The van der Waals surface area contributed by atoms with Crippen LogP contribution in [0.5, 0.6) is 0 Å². The Morgan fingerprint density at radius 1 is 0.857 bits per heavy atom. The molecule has 0 heterocycles. The highest BCUT2D eigenvalue weighted by Crippen LogP contribution is 2.30. The van der Waals surface area contributed by atoms with Gasteiger partial charge in [0, 0.05) is 0 Å². The number of esters is 2. The van der Waals surface area contributed by atoms with E-state index in [1.807, 2.05) is 74.4 Å². The van der Waals surface area contributed by atoms with Gasteiger partial charge in [-0.2, -0.15) is 0 Å². The molecule has 1 rings (SSSR count). The van der Waals surface area contributed by atoms with Gasteiger partial charge in [-0.3, -0.25) is 0 Å². The average molecular weight is 391 g/mol. The van der Waals surface area contributed by atoms with Gasteiger partial charge in [0.05, 0.1) is 11.1 Å². The molecule has 28 heavy (non-hydrogen) atoms. The fraction of sp³-hybridized carbons (Fsp3) is 0.667. The van der Waals surface area contributed by atoms with E-state index in [4.69, 9.17) is 9.47 Å². The topological polar surface area (TPSA) is 52.6 Å². The Balaban J connectivity index is 3.42. The van der Waals surface area contributed by atoms with Crippen molar-refractivity contribution in [2.75, 3.05) is 0 Å².